The lowest BCUT2D eigenvalue weighted by Crippen LogP contribution is -2.37. The van der Waals surface area contributed by atoms with Crippen LogP contribution < -0.4 is 4.72 Å². The fourth-order valence-electron chi connectivity index (χ4n) is 1.44. The van der Waals surface area contributed by atoms with E-state index in [2.05, 4.69) is 25.5 Å². The molecule has 0 aliphatic heterocycles. The fourth-order valence-corrected chi connectivity index (χ4v) is 4.18. The highest BCUT2D eigenvalue weighted by Gasteiger charge is 2.24. The molecule has 1 aromatic heterocycles. The smallest absolute Gasteiger partial charge is 0.250 e. The Morgan fingerprint density at radius 3 is 2.32 bits per heavy atom. The van der Waals surface area contributed by atoms with Gasteiger partial charge in [0.2, 0.25) is 10.0 Å². The van der Waals surface area contributed by atoms with Crippen LogP contribution in [0.5, 0.6) is 0 Å². The second-order valence-corrected chi connectivity index (χ2v) is 8.96. The van der Waals surface area contributed by atoms with Gasteiger partial charge in [-0.15, -0.1) is 11.3 Å². The Morgan fingerprint density at radius 2 is 1.89 bits per heavy atom. The zero-order valence-electron chi connectivity index (χ0n) is 12.1. The van der Waals surface area contributed by atoms with Gasteiger partial charge < -0.3 is 5.11 Å². The Hall–Kier alpha value is -0.430. The van der Waals surface area contributed by atoms with Gasteiger partial charge in [0.15, 0.2) is 0 Å². The molecule has 0 spiro atoms. The van der Waals surface area contributed by atoms with E-state index in [-0.39, 0.29) is 24.0 Å². The van der Waals surface area contributed by atoms with E-state index in [1.54, 1.807) is 13.0 Å². The molecule has 0 amide bonds. The molecular weight excluding hydrogens is 282 g/mol. The number of hydrogen-bond acceptors (Lipinski definition) is 4. The molecule has 2 N–H and O–H groups in total. The molecule has 0 saturated heterocycles. The average molecular weight is 305 g/mol. The quantitative estimate of drug-likeness (QED) is 0.877. The van der Waals surface area contributed by atoms with Crippen LogP contribution in [0.4, 0.5) is 0 Å². The summed E-state index contributed by atoms with van der Waals surface area (Å²) < 4.78 is 27.4. The minimum atomic E-state index is -3.50. The summed E-state index contributed by atoms with van der Waals surface area (Å²) in [7, 11) is -3.50. The summed E-state index contributed by atoms with van der Waals surface area (Å²) >= 11 is 1.30. The molecule has 4 nitrogen and oxygen atoms in total. The van der Waals surface area contributed by atoms with Crippen molar-refractivity contribution in [3.8, 4) is 0 Å². The van der Waals surface area contributed by atoms with Crippen LogP contribution in [0.1, 0.15) is 39.5 Å². The van der Waals surface area contributed by atoms with Gasteiger partial charge >= 0.3 is 0 Å². The number of thiophene rings is 1. The first-order valence-electron chi connectivity index (χ1n) is 6.31. The lowest BCUT2D eigenvalue weighted by atomic mass is 9.95. The average Bonchev–Trinajstić information content (AvgIpc) is 2.76. The van der Waals surface area contributed by atoms with Gasteiger partial charge in [-0.05, 0) is 30.4 Å². The lowest BCUT2D eigenvalue weighted by Gasteiger charge is -2.19. The first-order chi connectivity index (χ1) is 8.58. The minimum absolute atomic E-state index is 0.0403. The second-order valence-electron chi connectivity index (χ2n) is 5.94. The Bertz CT molecular complexity index is 514. The summed E-state index contributed by atoms with van der Waals surface area (Å²) in [5.74, 6) is -0.114. The van der Waals surface area contributed by atoms with Crippen LogP contribution in [-0.4, -0.2) is 26.2 Å². The van der Waals surface area contributed by atoms with Crippen molar-refractivity contribution >= 4 is 21.4 Å². The second kappa shape index (κ2) is 5.91. The lowest BCUT2D eigenvalue weighted by molar-refractivity contribution is 0.216. The van der Waals surface area contributed by atoms with Crippen LogP contribution in [-0.2, 0) is 15.4 Å². The van der Waals surface area contributed by atoms with Gasteiger partial charge in [0.1, 0.15) is 4.21 Å². The van der Waals surface area contributed by atoms with Crippen LogP contribution in [0.2, 0.25) is 0 Å². The minimum Gasteiger partial charge on any atom is -0.396 e. The van der Waals surface area contributed by atoms with Gasteiger partial charge in [-0.1, -0.05) is 27.7 Å². The van der Waals surface area contributed by atoms with E-state index >= 15 is 0 Å². The topological polar surface area (TPSA) is 66.4 Å². The zero-order valence-corrected chi connectivity index (χ0v) is 13.7. The van der Waals surface area contributed by atoms with Crippen LogP contribution in [0, 0.1) is 5.92 Å². The van der Waals surface area contributed by atoms with Crippen LogP contribution >= 0.6 is 11.3 Å². The molecule has 2 atom stereocenters. The Morgan fingerprint density at radius 1 is 1.32 bits per heavy atom. The molecule has 0 aromatic carbocycles. The Balaban J connectivity index is 2.93. The van der Waals surface area contributed by atoms with E-state index in [1.807, 2.05) is 13.0 Å². The number of hydrogen-bond donors (Lipinski definition) is 2. The molecule has 1 heterocycles. The SMILES string of the molecule is CC(CO)C(C)NS(=O)(=O)c1ccc(C(C)(C)C)s1. The molecule has 0 bridgehead atoms. The number of nitrogens with one attached hydrogen (secondary N) is 1. The van der Waals surface area contributed by atoms with E-state index in [1.165, 1.54) is 11.3 Å². The van der Waals surface area contributed by atoms with Crippen molar-refractivity contribution < 1.29 is 13.5 Å². The Kier molecular flexibility index (Phi) is 5.17. The number of sulfonamides is 1. The molecule has 0 aliphatic carbocycles. The van der Waals surface area contributed by atoms with Gasteiger partial charge in [-0.3, -0.25) is 0 Å². The van der Waals surface area contributed by atoms with E-state index in [9.17, 15) is 8.42 Å². The molecule has 0 radical (unpaired) electrons. The molecule has 19 heavy (non-hydrogen) atoms. The highest BCUT2D eigenvalue weighted by molar-refractivity contribution is 7.91. The van der Waals surface area contributed by atoms with Crippen molar-refractivity contribution in [3.05, 3.63) is 17.0 Å². The number of aliphatic hydroxyl groups is 1. The first kappa shape index (κ1) is 16.6. The van der Waals surface area contributed by atoms with Gasteiger partial charge in [0.25, 0.3) is 0 Å². The number of aliphatic hydroxyl groups excluding tert-OH is 1. The maximum atomic E-state index is 12.2. The highest BCUT2D eigenvalue weighted by atomic mass is 32.2. The van der Waals surface area contributed by atoms with E-state index in [0.717, 1.165) is 4.88 Å². The Labute approximate surface area is 119 Å². The summed E-state index contributed by atoms with van der Waals surface area (Å²) in [6.07, 6.45) is 0. The van der Waals surface area contributed by atoms with Crippen molar-refractivity contribution in [2.45, 2.75) is 50.3 Å². The van der Waals surface area contributed by atoms with Crippen molar-refractivity contribution in [2.75, 3.05) is 6.61 Å². The zero-order chi connectivity index (χ0) is 14.8. The summed E-state index contributed by atoms with van der Waals surface area (Å²) in [5.41, 5.74) is -0.0531. The standard InChI is InChI=1S/C13H23NO3S2/c1-9(8-15)10(2)14-19(16,17)12-7-6-11(18-12)13(3,4)5/h6-7,9-10,14-15H,8H2,1-5H3. The highest BCUT2D eigenvalue weighted by Crippen LogP contribution is 2.31. The third-order valence-electron chi connectivity index (χ3n) is 3.07. The van der Waals surface area contributed by atoms with Crippen LogP contribution in [0.25, 0.3) is 0 Å². The molecular formula is C13H23NO3S2. The van der Waals surface area contributed by atoms with E-state index in [0.29, 0.717) is 4.21 Å². The predicted octanol–water partition coefficient (Wildman–Crippen LogP) is 2.34. The number of rotatable bonds is 5. The van der Waals surface area contributed by atoms with Gasteiger partial charge in [0.05, 0.1) is 0 Å². The summed E-state index contributed by atoms with van der Waals surface area (Å²) in [4.78, 5) is 1.04. The van der Waals surface area contributed by atoms with Crippen molar-refractivity contribution in [3.63, 3.8) is 0 Å². The van der Waals surface area contributed by atoms with Gasteiger partial charge in [-0.25, -0.2) is 13.1 Å². The van der Waals surface area contributed by atoms with E-state index < -0.39 is 10.0 Å². The molecule has 6 heteroatoms. The van der Waals surface area contributed by atoms with E-state index in [4.69, 9.17) is 5.11 Å². The fraction of sp³-hybridized carbons (Fsp3) is 0.692. The molecule has 0 saturated carbocycles. The summed E-state index contributed by atoms with van der Waals surface area (Å²) in [5, 5.41) is 9.05. The van der Waals surface area contributed by atoms with Crippen molar-refractivity contribution in [2.24, 2.45) is 5.92 Å². The molecule has 110 valence electrons. The van der Waals surface area contributed by atoms with Crippen LogP contribution in [0.3, 0.4) is 0 Å². The maximum Gasteiger partial charge on any atom is 0.250 e. The third kappa shape index (κ3) is 4.27. The molecule has 2 unspecified atom stereocenters. The predicted molar refractivity (Wildman–Crippen MR) is 79.1 cm³/mol. The largest absolute Gasteiger partial charge is 0.396 e. The normalized spacial score (nSPS) is 16.3. The molecule has 1 aromatic rings. The van der Waals surface area contributed by atoms with Crippen LogP contribution in [0.15, 0.2) is 16.3 Å². The van der Waals surface area contributed by atoms with Crippen molar-refractivity contribution in [1.29, 1.82) is 0 Å². The van der Waals surface area contributed by atoms with Crippen molar-refractivity contribution in [1.82, 2.24) is 4.72 Å². The molecule has 0 fully saturated rings. The molecule has 0 aliphatic rings. The maximum absolute atomic E-state index is 12.2. The summed E-state index contributed by atoms with van der Waals surface area (Å²) in [6.45, 7) is 9.69. The van der Waals surface area contributed by atoms with Gasteiger partial charge in [-0.2, -0.15) is 0 Å². The third-order valence-corrected chi connectivity index (χ3v) is 6.63. The summed E-state index contributed by atoms with van der Waals surface area (Å²) in [6, 6.07) is 3.21. The monoisotopic (exact) mass is 305 g/mol. The van der Waals surface area contributed by atoms with Gasteiger partial charge in [0, 0.05) is 17.5 Å². The molecule has 1 rings (SSSR count). The first-order valence-corrected chi connectivity index (χ1v) is 8.61.